The molecule has 164 valence electrons. The van der Waals surface area contributed by atoms with Crippen LogP contribution in [0.4, 0.5) is 10.8 Å². The number of thiazole rings is 1. The summed E-state index contributed by atoms with van der Waals surface area (Å²) in [7, 11) is -3.19. The molecule has 0 saturated carbocycles. The van der Waals surface area contributed by atoms with Crippen molar-refractivity contribution in [2.24, 2.45) is 0 Å². The maximum absolute atomic E-state index is 13.0. The number of amides is 2. The number of nitrogens with zero attached hydrogens (tertiary/aromatic N) is 2. The van der Waals surface area contributed by atoms with Gasteiger partial charge in [0.25, 0.3) is 5.91 Å². The third-order valence-corrected chi connectivity index (χ3v) is 8.69. The molecule has 0 fully saturated rings. The Morgan fingerprint density at radius 1 is 1.19 bits per heavy atom. The molecule has 5 rings (SSSR count). The van der Waals surface area contributed by atoms with Gasteiger partial charge in [0.1, 0.15) is 4.88 Å². The average molecular weight is 488 g/mol. The van der Waals surface area contributed by atoms with Crippen molar-refractivity contribution in [3.05, 3.63) is 69.2 Å². The highest BCUT2D eigenvalue weighted by Crippen LogP contribution is 2.34. The van der Waals surface area contributed by atoms with Crippen molar-refractivity contribution in [1.29, 1.82) is 0 Å². The number of rotatable bonds is 4. The Balaban J connectivity index is 1.30. The van der Waals surface area contributed by atoms with Gasteiger partial charge in [0, 0.05) is 13.0 Å². The highest BCUT2D eigenvalue weighted by molar-refractivity contribution is 7.91. The number of hydrogen-bond donors (Lipinski definition) is 1. The molecule has 32 heavy (non-hydrogen) atoms. The maximum Gasteiger partial charge on any atom is 0.270 e. The number of aryl methyl sites for hydroxylation is 1. The first-order valence-electron chi connectivity index (χ1n) is 10.0. The van der Waals surface area contributed by atoms with E-state index in [4.69, 9.17) is 11.6 Å². The number of fused-ring (bicyclic) bond motifs is 2. The summed E-state index contributed by atoms with van der Waals surface area (Å²) in [6, 6.07) is 12.2. The Kier molecular flexibility index (Phi) is 5.27. The van der Waals surface area contributed by atoms with E-state index in [0.29, 0.717) is 50.7 Å². The molecule has 3 aromatic rings. The first-order chi connectivity index (χ1) is 15.3. The normalized spacial score (nSPS) is 16.5. The summed E-state index contributed by atoms with van der Waals surface area (Å²) in [6.07, 6.45) is 1.13. The Hall–Kier alpha value is -2.75. The molecule has 0 saturated heterocycles. The Bertz CT molecular complexity index is 1370. The van der Waals surface area contributed by atoms with Crippen LogP contribution >= 0.6 is 22.9 Å². The summed E-state index contributed by atoms with van der Waals surface area (Å²) in [5, 5.41) is 3.65. The molecule has 0 aliphatic carbocycles. The number of carbonyl (C=O) groups excluding carboxylic acids is 2. The summed E-state index contributed by atoms with van der Waals surface area (Å²) in [5.74, 6) is -0.341. The standard InChI is InChI=1S/C22H18ClN3O4S2/c23-15-3-1-2-4-17(15)26-9-7-16-20(21(26)28)31-22(24-16)25-19(27)12-13-5-6-18-14(11-13)8-10-32(18,29)30/h1-6,11H,7-10,12H2,(H,24,25,27). The summed E-state index contributed by atoms with van der Waals surface area (Å²) in [4.78, 5) is 32.5. The fourth-order valence-electron chi connectivity index (χ4n) is 4.03. The average Bonchev–Trinajstić information content (AvgIpc) is 3.29. The lowest BCUT2D eigenvalue weighted by molar-refractivity contribution is -0.115. The summed E-state index contributed by atoms with van der Waals surface area (Å²) >= 11 is 7.41. The van der Waals surface area contributed by atoms with Crippen LogP contribution < -0.4 is 10.2 Å². The largest absolute Gasteiger partial charge is 0.306 e. The van der Waals surface area contributed by atoms with Crippen LogP contribution in [-0.2, 0) is 33.9 Å². The number of sulfone groups is 1. The molecule has 0 bridgehead atoms. The van der Waals surface area contributed by atoms with E-state index in [0.717, 1.165) is 22.5 Å². The minimum atomic E-state index is -3.19. The molecule has 1 N–H and O–H groups in total. The van der Waals surface area contributed by atoms with Crippen LogP contribution in [0.25, 0.3) is 0 Å². The molecule has 10 heteroatoms. The molecule has 2 aliphatic rings. The number of nitrogens with one attached hydrogen (secondary N) is 1. The minimum absolute atomic E-state index is 0.0945. The van der Waals surface area contributed by atoms with Crippen molar-refractivity contribution in [3.63, 3.8) is 0 Å². The van der Waals surface area contributed by atoms with Gasteiger partial charge in [-0.1, -0.05) is 47.2 Å². The first-order valence-corrected chi connectivity index (χ1v) is 12.9. The third kappa shape index (κ3) is 3.80. The highest BCUT2D eigenvalue weighted by atomic mass is 35.5. The van der Waals surface area contributed by atoms with Crippen molar-refractivity contribution >= 4 is 55.4 Å². The number of aromatic nitrogens is 1. The lowest BCUT2D eigenvalue weighted by Crippen LogP contribution is -2.37. The molecule has 2 aromatic carbocycles. The zero-order valence-corrected chi connectivity index (χ0v) is 19.2. The van der Waals surface area contributed by atoms with Gasteiger partial charge in [-0.05, 0) is 35.7 Å². The van der Waals surface area contributed by atoms with Crippen LogP contribution in [0.5, 0.6) is 0 Å². The van der Waals surface area contributed by atoms with Gasteiger partial charge in [0.15, 0.2) is 15.0 Å². The zero-order valence-electron chi connectivity index (χ0n) is 16.8. The molecule has 2 aliphatic heterocycles. The molecule has 0 radical (unpaired) electrons. The van der Waals surface area contributed by atoms with Gasteiger partial charge in [-0.25, -0.2) is 13.4 Å². The van der Waals surface area contributed by atoms with E-state index in [1.807, 2.05) is 12.1 Å². The van der Waals surface area contributed by atoms with E-state index in [9.17, 15) is 18.0 Å². The van der Waals surface area contributed by atoms with Crippen LogP contribution in [0, 0.1) is 0 Å². The second-order valence-electron chi connectivity index (χ2n) is 7.69. The third-order valence-electron chi connectivity index (χ3n) is 5.56. The molecular formula is C22H18ClN3O4S2. The molecule has 0 spiro atoms. The number of halogens is 1. The zero-order chi connectivity index (χ0) is 22.5. The van der Waals surface area contributed by atoms with Gasteiger partial charge < -0.3 is 10.2 Å². The topological polar surface area (TPSA) is 96.4 Å². The number of anilines is 2. The molecule has 0 unspecified atom stereocenters. The van der Waals surface area contributed by atoms with Crippen LogP contribution in [0.15, 0.2) is 47.4 Å². The summed E-state index contributed by atoms with van der Waals surface area (Å²) in [5.41, 5.74) is 2.81. The van der Waals surface area contributed by atoms with E-state index in [1.165, 1.54) is 0 Å². The van der Waals surface area contributed by atoms with Gasteiger partial charge in [0.05, 0.1) is 33.5 Å². The number of benzene rings is 2. The van der Waals surface area contributed by atoms with Crippen molar-refractivity contribution in [2.75, 3.05) is 22.5 Å². The fraction of sp³-hybridized carbons (Fsp3) is 0.227. The SMILES string of the molecule is O=C(Cc1ccc2c(c1)CCS2(=O)=O)Nc1nc2c(s1)C(=O)N(c1ccccc1Cl)CC2. The van der Waals surface area contributed by atoms with Crippen LogP contribution in [0.3, 0.4) is 0 Å². The predicted octanol–water partition coefficient (Wildman–Crippen LogP) is 3.51. The number of carbonyl (C=O) groups is 2. The van der Waals surface area contributed by atoms with E-state index in [2.05, 4.69) is 10.3 Å². The second kappa shape index (κ2) is 7.99. The lowest BCUT2D eigenvalue weighted by Gasteiger charge is -2.26. The highest BCUT2D eigenvalue weighted by Gasteiger charge is 2.31. The van der Waals surface area contributed by atoms with Crippen molar-refractivity contribution in [3.8, 4) is 0 Å². The van der Waals surface area contributed by atoms with Crippen LogP contribution in [0.1, 0.15) is 26.5 Å². The minimum Gasteiger partial charge on any atom is -0.306 e. The number of para-hydroxylation sites is 1. The van der Waals surface area contributed by atoms with Crippen LogP contribution in [0.2, 0.25) is 5.02 Å². The number of hydrogen-bond acceptors (Lipinski definition) is 6. The van der Waals surface area contributed by atoms with Crippen molar-refractivity contribution < 1.29 is 18.0 Å². The maximum atomic E-state index is 13.0. The van der Waals surface area contributed by atoms with E-state index in [1.54, 1.807) is 35.2 Å². The predicted molar refractivity (Wildman–Crippen MR) is 123 cm³/mol. The van der Waals surface area contributed by atoms with Crippen molar-refractivity contribution in [1.82, 2.24) is 4.98 Å². The van der Waals surface area contributed by atoms with Gasteiger partial charge in [-0.3, -0.25) is 9.59 Å². The Morgan fingerprint density at radius 2 is 2.00 bits per heavy atom. The molecule has 7 nitrogen and oxygen atoms in total. The van der Waals surface area contributed by atoms with E-state index >= 15 is 0 Å². The Morgan fingerprint density at radius 3 is 2.81 bits per heavy atom. The van der Waals surface area contributed by atoms with E-state index in [-0.39, 0.29) is 24.0 Å². The first kappa shape index (κ1) is 21.1. The summed E-state index contributed by atoms with van der Waals surface area (Å²) in [6.45, 7) is 0.463. The smallest absolute Gasteiger partial charge is 0.270 e. The van der Waals surface area contributed by atoms with Crippen molar-refractivity contribution in [2.45, 2.75) is 24.2 Å². The molecule has 1 aromatic heterocycles. The van der Waals surface area contributed by atoms with Gasteiger partial charge >= 0.3 is 0 Å². The van der Waals surface area contributed by atoms with Crippen LogP contribution in [-0.4, -0.2) is 37.5 Å². The summed E-state index contributed by atoms with van der Waals surface area (Å²) < 4.78 is 23.9. The Labute approximate surface area is 194 Å². The monoisotopic (exact) mass is 487 g/mol. The molecule has 0 atom stereocenters. The van der Waals surface area contributed by atoms with E-state index < -0.39 is 9.84 Å². The fourth-order valence-corrected chi connectivity index (χ4v) is 6.79. The van der Waals surface area contributed by atoms with Gasteiger partial charge in [-0.15, -0.1) is 0 Å². The molecule has 3 heterocycles. The second-order valence-corrected chi connectivity index (χ2v) is 11.2. The van der Waals surface area contributed by atoms with Gasteiger partial charge in [-0.2, -0.15) is 0 Å². The molecule has 2 amide bonds. The molecular weight excluding hydrogens is 470 g/mol. The quantitative estimate of drug-likeness (QED) is 0.607. The lowest BCUT2D eigenvalue weighted by atomic mass is 10.1. The van der Waals surface area contributed by atoms with Gasteiger partial charge in [0.2, 0.25) is 5.91 Å².